The quantitative estimate of drug-likeness (QED) is 0.463. The Balaban J connectivity index is 2.91. The lowest BCUT2D eigenvalue weighted by Gasteiger charge is -2.09. The maximum absolute atomic E-state index is 5.46. The highest BCUT2D eigenvalue weighted by atomic mass is 35.5. The molecule has 0 aliphatic heterocycles. The van der Waals surface area contributed by atoms with E-state index >= 15 is 0 Å². The molecule has 0 saturated carbocycles. The maximum atomic E-state index is 5.46. The fourth-order valence-corrected chi connectivity index (χ4v) is 1.06. The molecule has 1 N–H and O–H groups in total. The number of alkyl halides is 1. The zero-order valence-corrected chi connectivity index (χ0v) is 9.57. The number of ether oxygens (including phenoxy) is 1. The molecule has 80 valence electrons. The lowest BCUT2D eigenvalue weighted by atomic mass is 10.1. The summed E-state index contributed by atoms with van der Waals surface area (Å²) in [6.45, 7) is 8.14. The van der Waals surface area contributed by atoms with Crippen LogP contribution in [-0.4, -0.2) is 32.2 Å². The molecular weight excluding hydrogens is 186 g/mol. The molecule has 0 heterocycles. The van der Waals surface area contributed by atoms with Crippen LogP contribution in [0, 0.1) is 5.92 Å². The number of rotatable bonds is 9. The van der Waals surface area contributed by atoms with Crippen molar-refractivity contribution in [2.24, 2.45) is 5.92 Å². The van der Waals surface area contributed by atoms with E-state index in [1.165, 1.54) is 6.42 Å². The standard InChI is InChI=1S/C10H22ClNO/c1-3-10(2)9-12-6-4-7-13-8-5-11/h10,12H,3-9H2,1-2H3. The predicted octanol–water partition coefficient (Wildman–Crippen LogP) is 2.27. The van der Waals surface area contributed by atoms with Crippen molar-refractivity contribution in [2.45, 2.75) is 26.7 Å². The molecule has 0 rings (SSSR count). The molecule has 3 heteroatoms. The van der Waals surface area contributed by atoms with Crippen molar-refractivity contribution in [3.05, 3.63) is 0 Å². The van der Waals surface area contributed by atoms with E-state index in [2.05, 4.69) is 19.2 Å². The summed E-state index contributed by atoms with van der Waals surface area (Å²) in [7, 11) is 0. The number of hydrogen-bond acceptors (Lipinski definition) is 2. The highest BCUT2D eigenvalue weighted by molar-refractivity contribution is 6.17. The molecule has 0 spiro atoms. The van der Waals surface area contributed by atoms with Crippen molar-refractivity contribution in [3.8, 4) is 0 Å². The molecule has 0 aromatic heterocycles. The Hall–Kier alpha value is 0.210. The van der Waals surface area contributed by atoms with Gasteiger partial charge < -0.3 is 10.1 Å². The van der Waals surface area contributed by atoms with Crippen molar-refractivity contribution < 1.29 is 4.74 Å². The van der Waals surface area contributed by atoms with Gasteiger partial charge in [-0.3, -0.25) is 0 Å². The van der Waals surface area contributed by atoms with Gasteiger partial charge in [-0.2, -0.15) is 0 Å². The summed E-state index contributed by atoms with van der Waals surface area (Å²) in [6, 6.07) is 0. The molecule has 0 saturated heterocycles. The van der Waals surface area contributed by atoms with Gasteiger partial charge in [0.25, 0.3) is 0 Å². The second kappa shape index (κ2) is 10.3. The van der Waals surface area contributed by atoms with Crippen LogP contribution in [-0.2, 0) is 4.74 Å². The van der Waals surface area contributed by atoms with E-state index in [0.29, 0.717) is 12.5 Å². The number of hydrogen-bond donors (Lipinski definition) is 1. The minimum atomic E-state index is 0.598. The predicted molar refractivity (Wildman–Crippen MR) is 58.5 cm³/mol. The Kier molecular flexibility index (Phi) is 10.5. The Bertz CT molecular complexity index is 101. The molecule has 0 aliphatic carbocycles. The summed E-state index contributed by atoms with van der Waals surface area (Å²) in [5.74, 6) is 1.38. The van der Waals surface area contributed by atoms with Gasteiger partial charge >= 0.3 is 0 Å². The molecule has 0 amide bonds. The normalized spacial score (nSPS) is 13.2. The molecule has 0 aliphatic rings. The minimum absolute atomic E-state index is 0.598. The van der Waals surface area contributed by atoms with Crippen LogP contribution in [0.15, 0.2) is 0 Å². The molecule has 0 aromatic carbocycles. The molecular formula is C10H22ClNO. The lowest BCUT2D eigenvalue weighted by molar-refractivity contribution is 0.146. The van der Waals surface area contributed by atoms with E-state index in [1.807, 2.05) is 0 Å². The summed E-state index contributed by atoms with van der Waals surface area (Å²) in [5, 5.41) is 3.40. The van der Waals surface area contributed by atoms with Crippen molar-refractivity contribution >= 4 is 11.6 Å². The Labute approximate surface area is 87.0 Å². The summed E-state index contributed by atoms with van der Waals surface area (Å²) >= 11 is 5.46. The fraction of sp³-hybridized carbons (Fsp3) is 1.00. The molecule has 0 radical (unpaired) electrons. The number of halogens is 1. The minimum Gasteiger partial charge on any atom is -0.380 e. The lowest BCUT2D eigenvalue weighted by Crippen LogP contribution is -2.22. The van der Waals surface area contributed by atoms with Crippen LogP contribution in [0.1, 0.15) is 26.7 Å². The smallest absolute Gasteiger partial charge is 0.0601 e. The largest absolute Gasteiger partial charge is 0.380 e. The van der Waals surface area contributed by atoms with Crippen LogP contribution in [0.5, 0.6) is 0 Å². The van der Waals surface area contributed by atoms with Crippen LogP contribution >= 0.6 is 11.6 Å². The van der Waals surface area contributed by atoms with Gasteiger partial charge in [-0.25, -0.2) is 0 Å². The third-order valence-corrected chi connectivity index (χ3v) is 2.21. The summed E-state index contributed by atoms with van der Waals surface area (Å²) in [6.07, 6.45) is 2.32. The van der Waals surface area contributed by atoms with E-state index in [-0.39, 0.29) is 0 Å². The van der Waals surface area contributed by atoms with Crippen molar-refractivity contribution in [1.82, 2.24) is 5.32 Å². The fourth-order valence-electron chi connectivity index (χ4n) is 0.949. The zero-order chi connectivity index (χ0) is 9.94. The Morgan fingerprint density at radius 2 is 2.15 bits per heavy atom. The van der Waals surface area contributed by atoms with Crippen molar-refractivity contribution in [3.63, 3.8) is 0 Å². The molecule has 2 nitrogen and oxygen atoms in total. The maximum Gasteiger partial charge on any atom is 0.0601 e. The molecule has 0 aromatic rings. The molecule has 1 atom stereocenters. The SMILES string of the molecule is CCC(C)CNCCCOCCCl. The molecule has 13 heavy (non-hydrogen) atoms. The van der Waals surface area contributed by atoms with Crippen LogP contribution < -0.4 is 5.32 Å². The highest BCUT2D eigenvalue weighted by Crippen LogP contribution is 1.96. The van der Waals surface area contributed by atoms with Crippen LogP contribution in [0.3, 0.4) is 0 Å². The summed E-state index contributed by atoms with van der Waals surface area (Å²) < 4.78 is 5.24. The molecule has 1 unspecified atom stereocenters. The van der Waals surface area contributed by atoms with Gasteiger partial charge in [-0.1, -0.05) is 20.3 Å². The van der Waals surface area contributed by atoms with Crippen LogP contribution in [0.4, 0.5) is 0 Å². The molecule has 0 fully saturated rings. The van der Waals surface area contributed by atoms with E-state index in [9.17, 15) is 0 Å². The van der Waals surface area contributed by atoms with Gasteiger partial charge in [0.2, 0.25) is 0 Å². The van der Waals surface area contributed by atoms with Gasteiger partial charge in [0.05, 0.1) is 6.61 Å². The second-order valence-corrected chi connectivity index (χ2v) is 3.75. The second-order valence-electron chi connectivity index (χ2n) is 3.37. The van der Waals surface area contributed by atoms with Crippen molar-refractivity contribution in [1.29, 1.82) is 0 Å². The number of nitrogens with one attached hydrogen (secondary N) is 1. The van der Waals surface area contributed by atoms with Crippen LogP contribution in [0.25, 0.3) is 0 Å². The first-order chi connectivity index (χ1) is 6.31. The van der Waals surface area contributed by atoms with E-state index in [1.54, 1.807) is 0 Å². The first kappa shape index (κ1) is 13.2. The first-order valence-electron chi connectivity index (χ1n) is 5.15. The van der Waals surface area contributed by atoms with Gasteiger partial charge in [-0.05, 0) is 25.4 Å². The monoisotopic (exact) mass is 207 g/mol. The summed E-state index contributed by atoms with van der Waals surface area (Å²) in [4.78, 5) is 0. The van der Waals surface area contributed by atoms with Gasteiger partial charge in [0, 0.05) is 12.5 Å². The van der Waals surface area contributed by atoms with Crippen molar-refractivity contribution in [2.75, 3.05) is 32.2 Å². The van der Waals surface area contributed by atoms with Crippen LogP contribution in [0.2, 0.25) is 0 Å². The average Bonchev–Trinajstić information content (AvgIpc) is 2.16. The van der Waals surface area contributed by atoms with Gasteiger partial charge in [0.15, 0.2) is 0 Å². The summed E-state index contributed by atoms with van der Waals surface area (Å²) in [5.41, 5.74) is 0. The van der Waals surface area contributed by atoms with E-state index in [0.717, 1.165) is 32.0 Å². The Morgan fingerprint density at radius 3 is 2.77 bits per heavy atom. The Morgan fingerprint density at radius 1 is 1.38 bits per heavy atom. The van der Waals surface area contributed by atoms with Gasteiger partial charge in [-0.15, -0.1) is 11.6 Å². The van der Waals surface area contributed by atoms with Gasteiger partial charge in [0.1, 0.15) is 0 Å². The first-order valence-corrected chi connectivity index (χ1v) is 5.69. The molecule has 0 bridgehead atoms. The topological polar surface area (TPSA) is 21.3 Å². The highest BCUT2D eigenvalue weighted by Gasteiger charge is 1.96. The average molecular weight is 208 g/mol. The third kappa shape index (κ3) is 10.1. The van der Waals surface area contributed by atoms with E-state index < -0.39 is 0 Å². The third-order valence-electron chi connectivity index (χ3n) is 2.05. The van der Waals surface area contributed by atoms with E-state index in [4.69, 9.17) is 16.3 Å². The zero-order valence-electron chi connectivity index (χ0n) is 8.81.